The highest BCUT2D eigenvalue weighted by molar-refractivity contribution is 6.30. The Labute approximate surface area is 172 Å². The summed E-state index contributed by atoms with van der Waals surface area (Å²) in [7, 11) is 0. The summed E-state index contributed by atoms with van der Waals surface area (Å²) in [5, 5.41) is 7.47. The summed E-state index contributed by atoms with van der Waals surface area (Å²) in [4.78, 5) is 18.8. The zero-order valence-corrected chi connectivity index (χ0v) is 16.4. The summed E-state index contributed by atoms with van der Waals surface area (Å²) in [6.45, 7) is 1.85. The molecule has 1 N–H and O–H groups in total. The number of carbonyl (C=O) groups excluding carboxylic acids is 1. The number of piperidine rings is 1. The zero-order chi connectivity index (χ0) is 20.2. The van der Waals surface area contributed by atoms with Crippen molar-refractivity contribution in [3.05, 3.63) is 65.3 Å². The van der Waals surface area contributed by atoms with Gasteiger partial charge in [-0.3, -0.25) is 9.69 Å². The van der Waals surface area contributed by atoms with Gasteiger partial charge in [-0.15, -0.1) is 0 Å². The van der Waals surface area contributed by atoms with E-state index in [0.717, 1.165) is 31.5 Å². The van der Waals surface area contributed by atoms with E-state index in [1.54, 1.807) is 30.3 Å². The van der Waals surface area contributed by atoms with Gasteiger partial charge >= 0.3 is 0 Å². The van der Waals surface area contributed by atoms with Crippen LogP contribution < -0.4 is 5.32 Å². The molecule has 2 aromatic carbocycles. The molecule has 1 saturated heterocycles. The molecule has 1 aliphatic heterocycles. The van der Waals surface area contributed by atoms with E-state index in [9.17, 15) is 9.18 Å². The number of rotatable bonds is 5. The number of anilines is 1. The quantitative estimate of drug-likeness (QED) is 0.672. The summed E-state index contributed by atoms with van der Waals surface area (Å²) < 4.78 is 18.5. The molecule has 0 saturated carbocycles. The minimum absolute atomic E-state index is 0.0675. The molecule has 150 valence electrons. The molecule has 0 atom stereocenters. The van der Waals surface area contributed by atoms with Crippen LogP contribution in [0.25, 0.3) is 11.4 Å². The Kier molecular flexibility index (Phi) is 5.87. The van der Waals surface area contributed by atoms with Crippen LogP contribution in [0, 0.1) is 5.82 Å². The molecule has 29 heavy (non-hydrogen) atoms. The van der Waals surface area contributed by atoms with Crippen molar-refractivity contribution in [1.29, 1.82) is 0 Å². The third-order valence-electron chi connectivity index (χ3n) is 4.96. The molecular weight excluding hydrogens is 395 g/mol. The molecule has 6 nitrogen and oxygen atoms in total. The molecule has 0 bridgehead atoms. The highest BCUT2D eigenvalue weighted by Gasteiger charge is 2.26. The van der Waals surface area contributed by atoms with Gasteiger partial charge in [-0.2, -0.15) is 4.98 Å². The highest BCUT2D eigenvalue weighted by atomic mass is 35.5. The number of carbonyl (C=O) groups is 1. The molecule has 0 radical (unpaired) electrons. The fourth-order valence-electron chi connectivity index (χ4n) is 3.43. The molecule has 2 heterocycles. The van der Waals surface area contributed by atoms with Crippen molar-refractivity contribution < 1.29 is 13.7 Å². The van der Waals surface area contributed by atoms with Gasteiger partial charge in [0.25, 0.3) is 0 Å². The second-order valence-electron chi connectivity index (χ2n) is 7.07. The standard InChI is InChI=1S/C21H20ClFN4O2/c22-16-2-1-3-18(12-16)24-19(28)13-27-10-8-15(9-11-27)21-25-20(26-29-21)14-4-6-17(23)7-5-14/h1-7,12,15H,8-11,13H2,(H,24,28). The maximum absolute atomic E-state index is 13.1. The fraction of sp³-hybridized carbons (Fsp3) is 0.286. The van der Waals surface area contributed by atoms with Gasteiger partial charge in [0, 0.05) is 22.2 Å². The van der Waals surface area contributed by atoms with Gasteiger partial charge in [-0.05, 0) is 68.4 Å². The number of amides is 1. The second-order valence-corrected chi connectivity index (χ2v) is 7.51. The van der Waals surface area contributed by atoms with Crippen molar-refractivity contribution in [2.75, 3.05) is 25.0 Å². The number of halogens is 2. The molecular formula is C21H20ClFN4O2. The normalized spacial score (nSPS) is 15.4. The van der Waals surface area contributed by atoms with Gasteiger partial charge in [0.2, 0.25) is 17.6 Å². The lowest BCUT2D eigenvalue weighted by Gasteiger charge is -2.29. The van der Waals surface area contributed by atoms with E-state index in [4.69, 9.17) is 16.1 Å². The van der Waals surface area contributed by atoms with Gasteiger partial charge in [0.15, 0.2) is 0 Å². The third kappa shape index (κ3) is 4.99. The van der Waals surface area contributed by atoms with Crippen molar-refractivity contribution in [3.63, 3.8) is 0 Å². The molecule has 3 aromatic rings. The van der Waals surface area contributed by atoms with Crippen molar-refractivity contribution in [2.24, 2.45) is 0 Å². The molecule has 0 aliphatic carbocycles. The number of likely N-dealkylation sites (tertiary alicyclic amines) is 1. The Bertz CT molecular complexity index is 984. The Hall–Kier alpha value is -2.77. The predicted molar refractivity (Wildman–Crippen MR) is 108 cm³/mol. The average molecular weight is 415 g/mol. The Morgan fingerprint density at radius 1 is 1.21 bits per heavy atom. The van der Waals surface area contributed by atoms with Crippen LogP contribution in [0.5, 0.6) is 0 Å². The third-order valence-corrected chi connectivity index (χ3v) is 5.19. The molecule has 8 heteroatoms. The van der Waals surface area contributed by atoms with E-state index >= 15 is 0 Å². The topological polar surface area (TPSA) is 71.3 Å². The fourth-order valence-corrected chi connectivity index (χ4v) is 3.62. The Balaban J connectivity index is 1.29. The van der Waals surface area contributed by atoms with Gasteiger partial charge < -0.3 is 9.84 Å². The van der Waals surface area contributed by atoms with Crippen LogP contribution in [0.2, 0.25) is 5.02 Å². The number of hydrogen-bond donors (Lipinski definition) is 1. The van der Waals surface area contributed by atoms with Crippen molar-refractivity contribution in [2.45, 2.75) is 18.8 Å². The lowest BCUT2D eigenvalue weighted by atomic mass is 9.97. The Morgan fingerprint density at radius 2 is 1.97 bits per heavy atom. The SMILES string of the molecule is O=C(CN1CCC(c2nc(-c3ccc(F)cc3)no2)CC1)Nc1cccc(Cl)c1. The van der Waals surface area contributed by atoms with Crippen LogP contribution in [0.3, 0.4) is 0 Å². The number of benzene rings is 2. The van der Waals surface area contributed by atoms with Crippen LogP contribution in [0.1, 0.15) is 24.7 Å². The zero-order valence-electron chi connectivity index (χ0n) is 15.6. The number of aromatic nitrogens is 2. The van der Waals surface area contributed by atoms with E-state index in [0.29, 0.717) is 29.0 Å². The van der Waals surface area contributed by atoms with Crippen LogP contribution >= 0.6 is 11.6 Å². The minimum Gasteiger partial charge on any atom is -0.339 e. The first kappa shape index (κ1) is 19.5. The first-order valence-electron chi connectivity index (χ1n) is 9.44. The second kappa shape index (κ2) is 8.71. The van der Waals surface area contributed by atoms with Crippen LogP contribution in [-0.4, -0.2) is 40.6 Å². The highest BCUT2D eigenvalue weighted by Crippen LogP contribution is 2.28. The van der Waals surface area contributed by atoms with Gasteiger partial charge in [-0.25, -0.2) is 4.39 Å². The van der Waals surface area contributed by atoms with E-state index in [1.165, 1.54) is 12.1 Å². The summed E-state index contributed by atoms with van der Waals surface area (Å²) in [5.74, 6) is 0.839. The van der Waals surface area contributed by atoms with E-state index in [2.05, 4.69) is 20.4 Å². The number of nitrogens with zero attached hydrogens (tertiary/aromatic N) is 3. The largest absolute Gasteiger partial charge is 0.339 e. The van der Waals surface area contributed by atoms with Crippen LogP contribution in [-0.2, 0) is 4.79 Å². The summed E-state index contributed by atoms with van der Waals surface area (Å²) in [6, 6.07) is 13.1. The van der Waals surface area contributed by atoms with Gasteiger partial charge in [0.1, 0.15) is 5.82 Å². The first-order chi connectivity index (χ1) is 14.1. The molecule has 1 fully saturated rings. The van der Waals surface area contributed by atoms with E-state index in [-0.39, 0.29) is 17.6 Å². The molecule has 1 aromatic heterocycles. The lowest BCUT2D eigenvalue weighted by molar-refractivity contribution is -0.117. The lowest BCUT2D eigenvalue weighted by Crippen LogP contribution is -2.38. The monoisotopic (exact) mass is 414 g/mol. The van der Waals surface area contributed by atoms with Crippen molar-refractivity contribution in [3.8, 4) is 11.4 Å². The van der Waals surface area contributed by atoms with Gasteiger partial charge in [-0.1, -0.05) is 22.8 Å². The minimum atomic E-state index is -0.302. The number of nitrogens with one attached hydrogen (secondary N) is 1. The molecule has 0 unspecified atom stereocenters. The van der Waals surface area contributed by atoms with Crippen LogP contribution in [0.15, 0.2) is 53.1 Å². The van der Waals surface area contributed by atoms with Crippen molar-refractivity contribution in [1.82, 2.24) is 15.0 Å². The van der Waals surface area contributed by atoms with Crippen molar-refractivity contribution >= 4 is 23.2 Å². The summed E-state index contributed by atoms with van der Waals surface area (Å²) in [6.07, 6.45) is 1.66. The molecule has 4 rings (SSSR count). The molecule has 1 amide bonds. The van der Waals surface area contributed by atoms with E-state index in [1.807, 2.05) is 6.07 Å². The van der Waals surface area contributed by atoms with Gasteiger partial charge in [0.05, 0.1) is 6.54 Å². The first-order valence-corrected chi connectivity index (χ1v) is 9.82. The Morgan fingerprint density at radius 3 is 2.69 bits per heavy atom. The number of hydrogen-bond acceptors (Lipinski definition) is 5. The molecule has 0 spiro atoms. The summed E-state index contributed by atoms with van der Waals surface area (Å²) in [5.41, 5.74) is 1.41. The summed E-state index contributed by atoms with van der Waals surface area (Å²) >= 11 is 5.94. The average Bonchev–Trinajstić information content (AvgIpc) is 3.19. The maximum Gasteiger partial charge on any atom is 0.238 e. The predicted octanol–water partition coefficient (Wildman–Crippen LogP) is 4.35. The smallest absolute Gasteiger partial charge is 0.238 e. The molecule has 1 aliphatic rings. The maximum atomic E-state index is 13.1. The van der Waals surface area contributed by atoms with E-state index < -0.39 is 0 Å². The van der Waals surface area contributed by atoms with Crippen LogP contribution in [0.4, 0.5) is 10.1 Å².